The molecule has 36 heavy (non-hydrogen) atoms. The molecule has 186 valence electrons. The minimum Gasteiger partial charge on any atom is -0.322 e. The van der Waals surface area contributed by atoms with Gasteiger partial charge in [-0.05, 0) is 40.8 Å². The number of rotatable bonds is 4. The highest BCUT2D eigenvalue weighted by Gasteiger charge is 2.41. The van der Waals surface area contributed by atoms with E-state index in [1.54, 1.807) is 12.1 Å². The van der Waals surface area contributed by atoms with Crippen LogP contribution in [0.1, 0.15) is 17.2 Å². The minimum atomic E-state index is -4.83. The number of carbonyl (C=O) groups is 1. The Balaban J connectivity index is 1.67. The maximum absolute atomic E-state index is 15.1. The highest BCUT2D eigenvalue weighted by Crippen LogP contribution is 2.39. The molecular formula is C20H14F4N8O3S. The Kier molecular flexibility index (Phi) is 5.27. The number of halogens is 4. The number of carbonyl (C=O) groups excluding carboxylic acids is 1. The van der Waals surface area contributed by atoms with E-state index in [1.165, 1.54) is 12.3 Å². The van der Waals surface area contributed by atoms with Gasteiger partial charge in [0.2, 0.25) is 5.95 Å². The SMILES string of the molecule is CS(=O)(=O)C1=C(C(=O)Nc2ccc3[nH]ncc3c2)C(c2ccc(C(F)(F)F)cc2F)n2nnnc2N1. The zero-order valence-corrected chi connectivity index (χ0v) is 18.8. The van der Waals surface area contributed by atoms with Gasteiger partial charge in [0.05, 0.1) is 22.9 Å². The number of hydrogen-bond donors (Lipinski definition) is 3. The van der Waals surface area contributed by atoms with Gasteiger partial charge in [-0.1, -0.05) is 11.2 Å². The maximum Gasteiger partial charge on any atom is 0.416 e. The Morgan fingerprint density at radius 1 is 1.17 bits per heavy atom. The summed E-state index contributed by atoms with van der Waals surface area (Å²) in [6, 6.07) is 4.77. The highest BCUT2D eigenvalue weighted by molar-refractivity contribution is 7.94. The van der Waals surface area contributed by atoms with Crippen molar-refractivity contribution in [1.29, 1.82) is 0 Å². The van der Waals surface area contributed by atoms with Crippen molar-refractivity contribution < 1.29 is 30.8 Å². The van der Waals surface area contributed by atoms with Crippen LogP contribution in [0.25, 0.3) is 10.9 Å². The molecule has 11 nitrogen and oxygen atoms in total. The zero-order chi connectivity index (χ0) is 25.8. The largest absolute Gasteiger partial charge is 0.416 e. The van der Waals surface area contributed by atoms with Crippen molar-refractivity contribution in [3.05, 3.63) is 70.1 Å². The summed E-state index contributed by atoms with van der Waals surface area (Å²) in [7, 11) is -4.16. The lowest BCUT2D eigenvalue weighted by molar-refractivity contribution is -0.137. The van der Waals surface area contributed by atoms with Crippen LogP contribution in [-0.2, 0) is 20.8 Å². The number of fused-ring (bicyclic) bond motifs is 2. The molecule has 0 fully saturated rings. The van der Waals surface area contributed by atoms with Gasteiger partial charge in [-0.3, -0.25) is 9.89 Å². The van der Waals surface area contributed by atoms with Crippen LogP contribution in [-0.4, -0.2) is 51.0 Å². The lowest BCUT2D eigenvalue weighted by atomic mass is 9.95. The van der Waals surface area contributed by atoms with Crippen molar-refractivity contribution in [2.75, 3.05) is 16.9 Å². The van der Waals surface area contributed by atoms with Crippen molar-refractivity contribution in [3.8, 4) is 0 Å². The van der Waals surface area contributed by atoms with Crippen molar-refractivity contribution in [2.45, 2.75) is 12.2 Å². The third kappa shape index (κ3) is 4.04. The molecule has 0 saturated heterocycles. The standard InChI is InChI=1S/C20H14F4N8O3S/c1-36(34,35)18-15(17(33)26-11-3-5-14-9(6-11)8-25-28-14)16(32-19(27-18)29-30-31-32)12-4-2-10(7-13(12)21)20(22,23)24/h2-8,16H,1H3,(H,25,28)(H,26,33)(H,27,29,31). The molecule has 16 heteroatoms. The smallest absolute Gasteiger partial charge is 0.322 e. The number of aromatic nitrogens is 6. The average molecular weight is 522 g/mol. The van der Waals surface area contributed by atoms with E-state index in [2.05, 4.69) is 36.4 Å². The molecule has 1 aliphatic heterocycles. The van der Waals surface area contributed by atoms with Crippen LogP contribution in [0, 0.1) is 5.82 Å². The number of hydrogen-bond acceptors (Lipinski definition) is 8. The zero-order valence-electron chi connectivity index (χ0n) is 18.0. The number of H-pyrrole nitrogens is 1. The second-order valence-electron chi connectivity index (χ2n) is 7.85. The average Bonchev–Trinajstić information content (AvgIpc) is 3.45. The van der Waals surface area contributed by atoms with E-state index < -0.39 is 55.5 Å². The molecule has 0 aliphatic carbocycles. The third-order valence-corrected chi connectivity index (χ3v) is 6.48. The summed E-state index contributed by atoms with van der Waals surface area (Å²) in [5.41, 5.74) is -1.31. The first-order valence-corrected chi connectivity index (χ1v) is 11.9. The molecule has 0 radical (unpaired) electrons. The molecule has 2 aromatic heterocycles. The predicted molar refractivity (Wildman–Crippen MR) is 118 cm³/mol. The first kappa shape index (κ1) is 23.4. The van der Waals surface area contributed by atoms with E-state index >= 15 is 4.39 Å². The summed E-state index contributed by atoms with van der Waals surface area (Å²) in [5, 5.41) is 22.4. The Hall–Kier alpha value is -4.34. The first-order valence-electron chi connectivity index (χ1n) is 10.0. The molecule has 1 amide bonds. The Bertz CT molecular complexity index is 1660. The molecule has 1 atom stereocenters. The number of benzene rings is 2. The molecule has 4 aromatic rings. The lowest BCUT2D eigenvalue weighted by Gasteiger charge is -2.28. The fraction of sp³-hybridized carbons (Fsp3) is 0.150. The molecule has 0 saturated carbocycles. The van der Waals surface area contributed by atoms with E-state index in [-0.39, 0.29) is 17.7 Å². The van der Waals surface area contributed by atoms with Gasteiger partial charge in [-0.25, -0.2) is 12.8 Å². The first-order chi connectivity index (χ1) is 16.9. The van der Waals surface area contributed by atoms with Gasteiger partial charge in [0.25, 0.3) is 5.91 Å². The van der Waals surface area contributed by atoms with Crippen molar-refractivity contribution in [1.82, 2.24) is 30.4 Å². The number of nitrogens with zero attached hydrogens (tertiary/aromatic N) is 5. The maximum atomic E-state index is 15.1. The number of tetrazole rings is 1. The van der Waals surface area contributed by atoms with E-state index in [0.717, 1.165) is 17.0 Å². The molecule has 3 heterocycles. The van der Waals surface area contributed by atoms with Gasteiger partial charge < -0.3 is 10.6 Å². The number of amides is 1. The van der Waals surface area contributed by atoms with Gasteiger partial charge in [-0.2, -0.15) is 23.0 Å². The number of anilines is 2. The van der Waals surface area contributed by atoms with Gasteiger partial charge in [0.1, 0.15) is 16.9 Å². The monoisotopic (exact) mass is 522 g/mol. The second-order valence-corrected chi connectivity index (χ2v) is 9.80. The fourth-order valence-electron chi connectivity index (χ4n) is 3.82. The van der Waals surface area contributed by atoms with E-state index in [9.17, 15) is 26.4 Å². The summed E-state index contributed by atoms with van der Waals surface area (Å²) in [5.74, 6) is -2.57. The number of alkyl halides is 3. The number of aromatic amines is 1. The highest BCUT2D eigenvalue weighted by atomic mass is 32.2. The van der Waals surface area contributed by atoms with Gasteiger partial charge in [-0.15, -0.1) is 0 Å². The van der Waals surface area contributed by atoms with Gasteiger partial charge in [0, 0.05) is 22.9 Å². The van der Waals surface area contributed by atoms with Crippen molar-refractivity contribution in [3.63, 3.8) is 0 Å². The second kappa shape index (κ2) is 8.11. The lowest BCUT2D eigenvalue weighted by Crippen LogP contribution is -2.34. The van der Waals surface area contributed by atoms with Crippen LogP contribution in [0.15, 0.2) is 53.2 Å². The molecule has 5 rings (SSSR count). The van der Waals surface area contributed by atoms with Crippen LogP contribution >= 0.6 is 0 Å². The van der Waals surface area contributed by atoms with Crippen LogP contribution < -0.4 is 10.6 Å². The van der Waals surface area contributed by atoms with E-state index in [4.69, 9.17) is 0 Å². The summed E-state index contributed by atoms with van der Waals surface area (Å²) >= 11 is 0. The molecular weight excluding hydrogens is 508 g/mol. The van der Waals surface area contributed by atoms with Crippen molar-refractivity contribution in [2.24, 2.45) is 0 Å². The Morgan fingerprint density at radius 2 is 1.94 bits per heavy atom. The minimum absolute atomic E-state index is 0.253. The van der Waals surface area contributed by atoms with Crippen LogP contribution in [0.2, 0.25) is 0 Å². The molecule has 1 unspecified atom stereocenters. The summed E-state index contributed by atoms with van der Waals surface area (Å²) < 4.78 is 80.6. The molecule has 2 aromatic carbocycles. The van der Waals surface area contributed by atoms with Crippen LogP contribution in [0.3, 0.4) is 0 Å². The fourth-order valence-corrected chi connectivity index (χ4v) is 4.70. The predicted octanol–water partition coefficient (Wildman–Crippen LogP) is 2.62. The van der Waals surface area contributed by atoms with E-state index in [1.807, 2.05) is 0 Å². The Morgan fingerprint density at radius 3 is 2.64 bits per heavy atom. The summed E-state index contributed by atoms with van der Waals surface area (Å²) in [4.78, 5) is 13.5. The normalized spacial score (nSPS) is 16.1. The third-order valence-electron chi connectivity index (χ3n) is 5.42. The molecule has 3 N–H and O–H groups in total. The Labute approximate surface area is 199 Å². The summed E-state index contributed by atoms with van der Waals surface area (Å²) in [6.45, 7) is 0. The number of nitrogens with one attached hydrogen (secondary N) is 3. The van der Waals surface area contributed by atoms with Crippen molar-refractivity contribution >= 4 is 38.3 Å². The molecule has 0 spiro atoms. The van der Waals surface area contributed by atoms with Gasteiger partial charge in [0.15, 0.2) is 9.84 Å². The van der Waals surface area contributed by atoms with Gasteiger partial charge >= 0.3 is 6.18 Å². The molecule has 1 aliphatic rings. The van der Waals surface area contributed by atoms with Crippen LogP contribution in [0.4, 0.5) is 29.2 Å². The van der Waals surface area contributed by atoms with E-state index in [0.29, 0.717) is 17.0 Å². The topological polar surface area (TPSA) is 148 Å². The summed E-state index contributed by atoms with van der Waals surface area (Å²) in [6.07, 6.45) is -2.52. The quantitative estimate of drug-likeness (QED) is 0.347. The number of sulfone groups is 1. The molecule has 0 bridgehead atoms. The van der Waals surface area contributed by atoms with Crippen LogP contribution in [0.5, 0.6) is 0 Å².